The van der Waals surface area contributed by atoms with Gasteiger partial charge in [0.25, 0.3) is 0 Å². The predicted octanol–water partition coefficient (Wildman–Crippen LogP) is -2.66. The van der Waals surface area contributed by atoms with Crippen LogP contribution in [-0.4, -0.2) is 22.5 Å². The Morgan fingerprint density at radius 2 is 2.14 bits per heavy atom. The Kier molecular flexibility index (Phi) is 4.68. The summed E-state index contributed by atoms with van der Waals surface area (Å²) in [6.07, 6.45) is 2.74. The molecule has 0 aliphatic carbocycles. The molecule has 0 aliphatic heterocycles. The average Bonchev–Trinajstić information content (AvgIpc) is 2.31. The SMILES string of the molecule is CC(C)n1cncc1NS(=O)(=O)[O-].[Li+]. The number of nitrogens with one attached hydrogen (secondary N) is 1. The molecule has 1 aromatic heterocycles. The number of anilines is 1. The molecule has 0 fully saturated rings. The van der Waals surface area contributed by atoms with Crippen molar-refractivity contribution in [3.63, 3.8) is 0 Å². The van der Waals surface area contributed by atoms with Gasteiger partial charge in [0.1, 0.15) is 5.82 Å². The molecule has 8 heteroatoms. The van der Waals surface area contributed by atoms with Crippen LogP contribution in [0.4, 0.5) is 5.82 Å². The van der Waals surface area contributed by atoms with Crippen LogP contribution >= 0.6 is 0 Å². The molecule has 1 heterocycles. The van der Waals surface area contributed by atoms with Crippen molar-refractivity contribution >= 4 is 16.1 Å². The number of hydrogen-bond acceptors (Lipinski definition) is 4. The van der Waals surface area contributed by atoms with E-state index in [1.54, 1.807) is 4.57 Å². The Bertz CT molecular complexity index is 387. The van der Waals surface area contributed by atoms with E-state index in [4.69, 9.17) is 0 Å². The van der Waals surface area contributed by atoms with E-state index in [0.29, 0.717) is 0 Å². The van der Waals surface area contributed by atoms with Gasteiger partial charge in [0.15, 0.2) is 10.3 Å². The quantitative estimate of drug-likeness (QED) is 0.436. The maximum atomic E-state index is 10.4. The van der Waals surface area contributed by atoms with E-state index in [2.05, 4.69) is 4.98 Å². The van der Waals surface area contributed by atoms with Crippen LogP contribution in [0, 0.1) is 0 Å². The summed E-state index contributed by atoms with van der Waals surface area (Å²) in [4.78, 5) is 3.72. The average molecular weight is 211 g/mol. The molecule has 74 valence electrons. The third-order valence-electron chi connectivity index (χ3n) is 1.45. The second kappa shape index (κ2) is 4.84. The Hall–Kier alpha value is -0.483. The zero-order valence-corrected chi connectivity index (χ0v) is 9.08. The van der Waals surface area contributed by atoms with Gasteiger partial charge in [-0.1, -0.05) is 0 Å². The maximum Gasteiger partial charge on any atom is 1.00 e. The maximum absolute atomic E-state index is 10.4. The third-order valence-corrected chi connectivity index (χ3v) is 1.91. The van der Waals surface area contributed by atoms with Crippen LogP contribution in [0.5, 0.6) is 0 Å². The fourth-order valence-electron chi connectivity index (χ4n) is 0.923. The van der Waals surface area contributed by atoms with Crippen molar-refractivity contribution in [3.05, 3.63) is 12.5 Å². The first-order valence-corrected chi connectivity index (χ1v) is 5.06. The van der Waals surface area contributed by atoms with E-state index in [1.165, 1.54) is 12.5 Å². The normalized spacial score (nSPS) is 11.1. The largest absolute Gasteiger partial charge is 1.00 e. The van der Waals surface area contributed by atoms with Crippen LogP contribution in [-0.2, 0) is 10.3 Å². The molecule has 0 bridgehead atoms. The van der Waals surface area contributed by atoms with Gasteiger partial charge in [0, 0.05) is 6.04 Å². The first-order chi connectivity index (χ1) is 5.90. The minimum Gasteiger partial charge on any atom is -0.731 e. The molecule has 0 radical (unpaired) electrons. The molecule has 0 atom stereocenters. The van der Waals surface area contributed by atoms with Crippen LogP contribution < -0.4 is 23.6 Å². The van der Waals surface area contributed by atoms with Gasteiger partial charge in [-0.15, -0.1) is 0 Å². The number of aromatic nitrogens is 2. The Morgan fingerprint density at radius 1 is 1.57 bits per heavy atom. The van der Waals surface area contributed by atoms with Crippen molar-refractivity contribution in [1.82, 2.24) is 9.55 Å². The molecule has 0 spiro atoms. The van der Waals surface area contributed by atoms with Crippen molar-refractivity contribution in [3.8, 4) is 0 Å². The summed E-state index contributed by atoms with van der Waals surface area (Å²) in [6, 6.07) is 0.0479. The van der Waals surface area contributed by atoms with Crippen molar-refractivity contribution in [1.29, 1.82) is 0 Å². The number of nitrogens with zero attached hydrogens (tertiary/aromatic N) is 2. The third kappa shape index (κ3) is 3.72. The molecule has 6 nitrogen and oxygen atoms in total. The molecule has 0 amide bonds. The standard InChI is InChI=1S/C6H11N3O3S.Li/c1-5(2)9-4-7-3-6(9)8-13(10,11)12;/h3-5,8H,1-2H3,(H,10,11,12);/q;+1/p-1. The van der Waals surface area contributed by atoms with Crippen LogP contribution in [0.2, 0.25) is 0 Å². The van der Waals surface area contributed by atoms with Crippen LogP contribution in [0.15, 0.2) is 12.5 Å². The molecule has 1 rings (SSSR count). The van der Waals surface area contributed by atoms with E-state index in [0.717, 1.165) is 0 Å². The second-order valence-electron chi connectivity index (χ2n) is 2.84. The number of imidazole rings is 1. The van der Waals surface area contributed by atoms with Gasteiger partial charge in [0.05, 0.1) is 12.5 Å². The summed E-state index contributed by atoms with van der Waals surface area (Å²) in [5.41, 5.74) is 0. The van der Waals surface area contributed by atoms with E-state index in [-0.39, 0.29) is 30.7 Å². The Morgan fingerprint density at radius 3 is 2.57 bits per heavy atom. The Labute approximate surface area is 94.8 Å². The molecule has 0 saturated heterocycles. The zero-order valence-electron chi connectivity index (χ0n) is 8.26. The van der Waals surface area contributed by atoms with E-state index in [1.807, 2.05) is 18.6 Å². The fourth-order valence-corrected chi connectivity index (χ4v) is 1.34. The smallest absolute Gasteiger partial charge is 0.731 e. The number of rotatable bonds is 3. The summed E-state index contributed by atoms with van der Waals surface area (Å²) in [7, 11) is -4.46. The molecule has 0 aliphatic rings. The van der Waals surface area contributed by atoms with E-state index >= 15 is 0 Å². The van der Waals surface area contributed by atoms with Crippen LogP contribution in [0.25, 0.3) is 0 Å². The summed E-state index contributed by atoms with van der Waals surface area (Å²) >= 11 is 0. The number of hydrogen-bond donors (Lipinski definition) is 1. The van der Waals surface area contributed by atoms with E-state index in [9.17, 15) is 13.0 Å². The minimum absolute atomic E-state index is 0. The summed E-state index contributed by atoms with van der Waals surface area (Å²) in [6.45, 7) is 3.70. The summed E-state index contributed by atoms with van der Waals surface area (Å²) in [5.74, 6) is 0.185. The predicted molar refractivity (Wildman–Crippen MR) is 45.9 cm³/mol. The molecule has 0 saturated carbocycles. The van der Waals surface area contributed by atoms with Crippen molar-refractivity contribution in [2.45, 2.75) is 19.9 Å². The van der Waals surface area contributed by atoms with Gasteiger partial charge in [0.2, 0.25) is 0 Å². The van der Waals surface area contributed by atoms with Crippen molar-refractivity contribution in [2.75, 3.05) is 4.72 Å². The van der Waals surface area contributed by atoms with Crippen LogP contribution in [0.1, 0.15) is 19.9 Å². The first kappa shape index (κ1) is 13.5. The van der Waals surface area contributed by atoms with Gasteiger partial charge >= 0.3 is 18.9 Å². The molecule has 1 aromatic rings. The van der Waals surface area contributed by atoms with Gasteiger partial charge < -0.3 is 9.12 Å². The van der Waals surface area contributed by atoms with Gasteiger partial charge in [-0.2, -0.15) is 0 Å². The van der Waals surface area contributed by atoms with Crippen LogP contribution in [0.3, 0.4) is 0 Å². The topological polar surface area (TPSA) is 87.0 Å². The van der Waals surface area contributed by atoms with Crippen molar-refractivity contribution in [2.24, 2.45) is 0 Å². The molecular formula is C6H10LiN3O3S. The molecule has 1 N–H and O–H groups in total. The van der Waals surface area contributed by atoms with Crippen molar-refractivity contribution < 1.29 is 31.8 Å². The minimum atomic E-state index is -4.46. The van der Waals surface area contributed by atoms with Gasteiger partial charge in [-0.25, -0.2) is 13.4 Å². The summed E-state index contributed by atoms with van der Waals surface area (Å²) < 4.78 is 34.5. The Balaban J connectivity index is 0.00000169. The van der Waals surface area contributed by atoms with E-state index < -0.39 is 10.3 Å². The molecule has 0 unspecified atom stereocenters. The fraction of sp³-hybridized carbons (Fsp3) is 0.500. The molecular weight excluding hydrogens is 201 g/mol. The molecule has 0 aromatic carbocycles. The monoisotopic (exact) mass is 211 g/mol. The first-order valence-electron chi connectivity index (χ1n) is 3.65. The zero-order chi connectivity index (χ0) is 10.1. The van der Waals surface area contributed by atoms with Gasteiger partial charge in [-0.3, -0.25) is 4.72 Å². The molecule has 14 heavy (non-hydrogen) atoms. The second-order valence-corrected chi connectivity index (χ2v) is 3.95. The van der Waals surface area contributed by atoms with Gasteiger partial charge in [-0.05, 0) is 13.8 Å². The summed E-state index contributed by atoms with van der Waals surface area (Å²) in [5, 5.41) is 0.